The van der Waals surface area contributed by atoms with Gasteiger partial charge in [-0.15, -0.1) is 0 Å². The van der Waals surface area contributed by atoms with Gasteiger partial charge in [0.05, 0.1) is 21.3 Å². The zero-order valence-corrected chi connectivity index (χ0v) is 22.0. The predicted octanol–water partition coefficient (Wildman–Crippen LogP) is 4.86. The van der Waals surface area contributed by atoms with Crippen molar-refractivity contribution in [3.63, 3.8) is 0 Å². The Balaban J connectivity index is 1.75. The molecule has 2 amide bonds. The first kappa shape index (κ1) is 26.1. The van der Waals surface area contributed by atoms with Gasteiger partial charge in [-0.1, -0.05) is 31.0 Å². The van der Waals surface area contributed by atoms with Crippen LogP contribution in [0.25, 0.3) is 17.0 Å². The number of rotatable bonds is 8. The minimum Gasteiger partial charge on any atom is -0.493 e. The molecule has 2 aromatic carbocycles. The number of nitrogens with zero attached hydrogens (tertiary/aromatic N) is 2. The zero-order valence-electron chi connectivity index (χ0n) is 22.0. The summed E-state index contributed by atoms with van der Waals surface area (Å²) in [5.74, 6) is 0.499. The molecule has 0 spiro atoms. The Labute approximate surface area is 217 Å². The van der Waals surface area contributed by atoms with E-state index in [1.807, 2.05) is 29.3 Å². The lowest BCUT2D eigenvalue weighted by Gasteiger charge is -2.22. The maximum atomic E-state index is 13.7. The number of hydrogen-bond acceptors (Lipinski definition) is 5. The van der Waals surface area contributed by atoms with Gasteiger partial charge < -0.3 is 29.0 Å². The van der Waals surface area contributed by atoms with Crippen LogP contribution < -0.4 is 19.5 Å². The molecule has 8 nitrogen and oxygen atoms in total. The van der Waals surface area contributed by atoms with Crippen LogP contribution in [0.3, 0.4) is 0 Å². The first-order valence-electron chi connectivity index (χ1n) is 12.7. The van der Waals surface area contributed by atoms with Gasteiger partial charge in [-0.25, -0.2) is 0 Å². The van der Waals surface area contributed by atoms with Gasteiger partial charge in [0, 0.05) is 47.9 Å². The molecule has 1 fully saturated rings. The van der Waals surface area contributed by atoms with Crippen molar-refractivity contribution in [3.05, 3.63) is 59.4 Å². The third-order valence-electron chi connectivity index (χ3n) is 6.76. The van der Waals surface area contributed by atoms with E-state index < -0.39 is 5.91 Å². The van der Waals surface area contributed by atoms with Crippen molar-refractivity contribution in [2.45, 2.75) is 39.2 Å². The molecule has 1 saturated heterocycles. The molecule has 1 N–H and O–H groups in total. The Kier molecular flexibility index (Phi) is 8.38. The average Bonchev–Trinajstić information content (AvgIpc) is 3.08. The molecule has 37 heavy (non-hydrogen) atoms. The molecule has 8 heteroatoms. The number of aryl methyl sites for hydroxylation is 1. The van der Waals surface area contributed by atoms with Gasteiger partial charge in [-0.3, -0.25) is 9.59 Å². The first-order chi connectivity index (χ1) is 18.0. The Morgan fingerprint density at radius 1 is 0.946 bits per heavy atom. The number of ether oxygens (including phenoxy) is 3. The number of para-hydroxylation sites is 1. The summed E-state index contributed by atoms with van der Waals surface area (Å²) in [6.07, 6.45) is 7.92. The normalized spacial score (nSPS) is 14.3. The van der Waals surface area contributed by atoms with E-state index in [4.69, 9.17) is 14.2 Å². The molecule has 3 aromatic rings. The van der Waals surface area contributed by atoms with E-state index in [-0.39, 0.29) is 11.6 Å². The number of likely N-dealkylation sites (tertiary alicyclic amines) is 1. The Hall–Kier alpha value is -3.94. The molecule has 0 atom stereocenters. The van der Waals surface area contributed by atoms with Crippen molar-refractivity contribution in [1.29, 1.82) is 0 Å². The number of carbonyl (C=O) groups is 2. The SMILES string of the molecule is CCn1cc(C=C(NC(=O)c2cc(OC)c(OC)c(OC)c2)C(=O)N2CCCCCC2)c2ccccc21. The number of fused-ring (bicyclic) bond motifs is 1. The highest BCUT2D eigenvalue weighted by Crippen LogP contribution is 2.38. The van der Waals surface area contributed by atoms with Gasteiger partial charge in [-0.2, -0.15) is 0 Å². The summed E-state index contributed by atoms with van der Waals surface area (Å²) in [5, 5.41) is 3.92. The summed E-state index contributed by atoms with van der Waals surface area (Å²) < 4.78 is 18.3. The number of hydrogen-bond donors (Lipinski definition) is 1. The van der Waals surface area contributed by atoms with Crippen molar-refractivity contribution in [2.24, 2.45) is 0 Å². The monoisotopic (exact) mass is 505 g/mol. The average molecular weight is 506 g/mol. The summed E-state index contributed by atoms with van der Waals surface area (Å²) in [4.78, 5) is 29.1. The molecule has 4 rings (SSSR count). The highest BCUT2D eigenvalue weighted by atomic mass is 16.5. The third-order valence-corrected chi connectivity index (χ3v) is 6.76. The number of methoxy groups -OCH3 is 3. The van der Waals surface area contributed by atoms with Gasteiger partial charge in [0.1, 0.15) is 5.70 Å². The van der Waals surface area contributed by atoms with Crippen molar-refractivity contribution >= 4 is 28.8 Å². The molecule has 0 bridgehead atoms. The maximum absolute atomic E-state index is 13.7. The first-order valence-corrected chi connectivity index (χ1v) is 12.7. The van der Waals surface area contributed by atoms with Gasteiger partial charge in [0.25, 0.3) is 11.8 Å². The quantitative estimate of drug-likeness (QED) is 0.442. The molecule has 0 aliphatic carbocycles. The Morgan fingerprint density at radius 3 is 2.19 bits per heavy atom. The fourth-order valence-corrected chi connectivity index (χ4v) is 4.81. The molecule has 1 aliphatic rings. The van der Waals surface area contributed by atoms with E-state index in [0.29, 0.717) is 35.9 Å². The molecule has 0 saturated carbocycles. The van der Waals surface area contributed by atoms with Crippen LogP contribution in [-0.4, -0.2) is 55.7 Å². The van der Waals surface area contributed by atoms with Gasteiger partial charge in [0.15, 0.2) is 11.5 Å². The zero-order chi connectivity index (χ0) is 26.4. The summed E-state index contributed by atoms with van der Waals surface area (Å²) in [6, 6.07) is 11.2. The number of nitrogens with one attached hydrogen (secondary N) is 1. The van der Waals surface area contributed by atoms with Gasteiger partial charge >= 0.3 is 0 Å². The van der Waals surface area contributed by atoms with Gasteiger partial charge in [0.2, 0.25) is 5.75 Å². The van der Waals surface area contributed by atoms with Crippen LogP contribution >= 0.6 is 0 Å². The van der Waals surface area contributed by atoms with Crippen molar-refractivity contribution in [1.82, 2.24) is 14.8 Å². The minimum absolute atomic E-state index is 0.184. The number of amides is 2. The van der Waals surface area contributed by atoms with E-state index in [9.17, 15) is 9.59 Å². The molecular formula is C29H35N3O5. The van der Waals surface area contributed by atoms with Crippen LogP contribution in [0.2, 0.25) is 0 Å². The molecule has 1 aromatic heterocycles. The lowest BCUT2D eigenvalue weighted by Crippen LogP contribution is -2.39. The van der Waals surface area contributed by atoms with E-state index >= 15 is 0 Å². The van der Waals surface area contributed by atoms with Crippen LogP contribution in [0.1, 0.15) is 48.5 Å². The largest absolute Gasteiger partial charge is 0.493 e. The second-order valence-corrected chi connectivity index (χ2v) is 9.02. The van der Waals surface area contributed by atoms with Crippen LogP contribution in [0.4, 0.5) is 0 Å². The fraction of sp³-hybridized carbons (Fsp3) is 0.379. The maximum Gasteiger partial charge on any atom is 0.270 e. The van der Waals surface area contributed by atoms with Crippen LogP contribution in [0.5, 0.6) is 17.2 Å². The van der Waals surface area contributed by atoms with Crippen molar-refractivity contribution < 1.29 is 23.8 Å². The lowest BCUT2D eigenvalue weighted by atomic mass is 10.1. The molecule has 1 aliphatic heterocycles. The molecule has 2 heterocycles. The summed E-state index contributed by atoms with van der Waals surface area (Å²) in [5.41, 5.74) is 2.48. The molecule has 196 valence electrons. The Morgan fingerprint density at radius 2 is 1.59 bits per heavy atom. The molecule has 0 unspecified atom stereocenters. The lowest BCUT2D eigenvalue weighted by molar-refractivity contribution is -0.127. The summed E-state index contributed by atoms with van der Waals surface area (Å²) in [6.45, 7) is 4.22. The predicted molar refractivity (Wildman–Crippen MR) is 144 cm³/mol. The Bertz CT molecular complexity index is 1280. The highest BCUT2D eigenvalue weighted by Gasteiger charge is 2.24. The number of carbonyl (C=O) groups excluding carboxylic acids is 2. The third kappa shape index (κ3) is 5.58. The smallest absolute Gasteiger partial charge is 0.270 e. The summed E-state index contributed by atoms with van der Waals surface area (Å²) in [7, 11) is 4.50. The van der Waals surface area contributed by atoms with Gasteiger partial charge in [-0.05, 0) is 44.0 Å². The number of aromatic nitrogens is 1. The van der Waals surface area contributed by atoms with E-state index in [1.165, 1.54) is 21.3 Å². The van der Waals surface area contributed by atoms with Crippen LogP contribution in [-0.2, 0) is 11.3 Å². The fourth-order valence-electron chi connectivity index (χ4n) is 4.81. The van der Waals surface area contributed by atoms with Crippen LogP contribution in [0.15, 0.2) is 48.3 Å². The molecular weight excluding hydrogens is 470 g/mol. The van der Waals surface area contributed by atoms with E-state index in [0.717, 1.165) is 48.7 Å². The highest BCUT2D eigenvalue weighted by molar-refractivity contribution is 6.07. The standard InChI is InChI=1S/C29H35N3O5/c1-5-31-19-21(22-12-8-9-13-24(22)31)16-23(29(34)32-14-10-6-7-11-15-32)30-28(33)20-17-25(35-2)27(37-4)26(18-20)36-3/h8-9,12-13,16-19H,5-7,10-11,14-15H2,1-4H3,(H,30,33). The van der Waals surface area contributed by atoms with Crippen molar-refractivity contribution in [2.75, 3.05) is 34.4 Å². The number of benzene rings is 2. The molecule has 0 radical (unpaired) electrons. The topological polar surface area (TPSA) is 82.0 Å². The van der Waals surface area contributed by atoms with Crippen molar-refractivity contribution in [3.8, 4) is 17.2 Å². The van der Waals surface area contributed by atoms with Crippen LogP contribution in [0, 0.1) is 0 Å². The second kappa shape index (κ2) is 11.9. The second-order valence-electron chi connectivity index (χ2n) is 9.02. The van der Waals surface area contributed by atoms with E-state index in [1.54, 1.807) is 18.2 Å². The minimum atomic E-state index is -0.437. The van der Waals surface area contributed by atoms with E-state index in [2.05, 4.69) is 22.9 Å². The summed E-state index contributed by atoms with van der Waals surface area (Å²) >= 11 is 0.